The van der Waals surface area contributed by atoms with Gasteiger partial charge < -0.3 is 4.74 Å². The van der Waals surface area contributed by atoms with Gasteiger partial charge in [0.2, 0.25) is 0 Å². The Labute approximate surface area is 105 Å². The molecule has 0 saturated heterocycles. The first-order chi connectivity index (χ1) is 7.95. The summed E-state index contributed by atoms with van der Waals surface area (Å²) >= 11 is 0. The molecule has 9 heteroatoms. The minimum atomic E-state index is -6.08. The lowest BCUT2D eigenvalue weighted by Gasteiger charge is -2.29. The largest absolute Gasteiger partial charge is 0.463 e. The van der Waals surface area contributed by atoms with Crippen molar-refractivity contribution in [3.63, 3.8) is 0 Å². The number of ether oxygens (including phenoxy) is 1. The quantitative estimate of drug-likeness (QED) is 0.332. The molecule has 0 fully saturated rings. The van der Waals surface area contributed by atoms with Crippen molar-refractivity contribution in [1.29, 1.82) is 0 Å². The molecular weight excluding hydrogens is 285 g/mol. The van der Waals surface area contributed by atoms with Gasteiger partial charge in [0.1, 0.15) is 0 Å². The smallest absolute Gasteiger partial charge is 0.431 e. The molecule has 0 aromatic rings. The number of halogens is 7. The number of carbonyl (C=O) groups excluding carboxylic acids is 1. The Hall–Kier alpha value is -1.28. The lowest BCUT2D eigenvalue weighted by molar-refractivity contribution is -0.343. The summed E-state index contributed by atoms with van der Waals surface area (Å²) in [4.78, 5) is 10.5. The van der Waals surface area contributed by atoms with Crippen molar-refractivity contribution in [2.45, 2.75) is 38.3 Å². The summed E-state index contributed by atoms with van der Waals surface area (Å²) < 4.78 is 89.4. The Morgan fingerprint density at radius 1 is 1.05 bits per heavy atom. The van der Waals surface area contributed by atoms with Crippen LogP contribution in [0, 0.1) is 0 Å². The van der Waals surface area contributed by atoms with Crippen LogP contribution in [0.4, 0.5) is 30.7 Å². The van der Waals surface area contributed by atoms with Crippen LogP contribution in [-0.4, -0.2) is 30.6 Å². The molecule has 0 N–H and O–H groups in total. The molecule has 0 aromatic carbocycles. The standard InChI is InChI=1S/C9H9F7O2.CH4/c1-2-6(17)18-5-3-4-7(10,8(11,12)13)9(14,15)16;/h2H,1,3-5H2;1H4. The summed E-state index contributed by atoms with van der Waals surface area (Å²) in [5, 5.41) is 0. The Morgan fingerprint density at radius 2 is 1.47 bits per heavy atom. The van der Waals surface area contributed by atoms with E-state index in [9.17, 15) is 35.5 Å². The zero-order chi connectivity index (χ0) is 14.6. The molecule has 0 aliphatic rings. The number of carbonyl (C=O) groups is 1. The van der Waals surface area contributed by atoms with Crippen molar-refractivity contribution in [1.82, 2.24) is 0 Å². The Balaban J connectivity index is 0. The molecule has 0 heterocycles. The fourth-order valence-corrected chi connectivity index (χ4v) is 0.992. The summed E-state index contributed by atoms with van der Waals surface area (Å²) in [6.45, 7) is 2.20. The number of hydrogen-bond acceptors (Lipinski definition) is 2. The zero-order valence-corrected chi connectivity index (χ0v) is 8.87. The van der Waals surface area contributed by atoms with Gasteiger partial charge in [-0.15, -0.1) is 0 Å². The second-order valence-electron chi connectivity index (χ2n) is 3.27. The molecule has 0 rings (SSSR count). The predicted molar refractivity (Wildman–Crippen MR) is 53.1 cm³/mol. The molecule has 0 aliphatic carbocycles. The summed E-state index contributed by atoms with van der Waals surface area (Å²) in [6.07, 6.45) is -14.3. The first-order valence-corrected chi connectivity index (χ1v) is 4.57. The van der Waals surface area contributed by atoms with Crippen LogP contribution in [0.15, 0.2) is 12.7 Å². The molecule has 0 spiro atoms. The molecule has 0 saturated carbocycles. The van der Waals surface area contributed by atoms with Gasteiger partial charge in [0.15, 0.2) is 0 Å². The van der Waals surface area contributed by atoms with Crippen molar-refractivity contribution in [2.75, 3.05) is 6.61 Å². The maximum absolute atomic E-state index is 13.0. The maximum Gasteiger partial charge on any atom is 0.431 e. The highest BCUT2D eigenvalue weighted by Gasteiger charge is 2.71. The fourth-order valence-electron chi connectivity index (χ4n) is 0.992. The molecule has 19 heavy (non-hydrogen) atoms. The molecule has 0 radical (unpaired) electrons. The van der Waals surface area contributed by atoms with Crippen LogP contribution in [0.25, 0.3) is 0 Å². The van der Waals surface area contributed by atoms with Crippen LogP contribution < -0.4 is 0 Å². The fraction of sp³-hybridized carbons (Fsp3) is 0.700. The summed E-state index contributed by atoms with van der Waals surface area (Å²) in [5.74, 6) is -1.02. The highest BCUT2D eigenvalue weighted by molar-refractivity contribution is 5.81. The summed E-state index contributed by atoms with van der Waals surface area (Å²) in [7, 11) is 0. The average molecular weight is 298 g/mol. The van der Waals surface area contributed by atoms with E-state index in [4.69, 9.17) is 0 Å². The van der Waals surface area contributed by atoms with E-state index < -0.39 is 43.4 Å². The molecule has 0 aromatic heterocycles. The van der Waals surface area contributed by atoms with Gasteiger partial charge in [-0.25, -0.2) is 9.18 Å². The third kappa shape index (κ3) is 5.07. The Bertz CT molecular complexity index is 292. The molecular formula is C10H13F7O2. The van der Waals surface area contributed by atoms with Gasteiger partial charge in [0.25, 0.3) is 5.67 Å². The van der Waals surface area contributed by atoms with E-state index in [0.717, 1.165) is 0 Å². The van der Waals surface area contributed by atoms with E-state index in [0.29, 0.717) is 6.08 Å². The van der Waals surface area contributed by atoms with E-state index >= 15 is 0 Å². The van der Waals surface area contributed by atoms with Gasteiger partial charge in [-0.2, -0.15) is 26.3 Å². The van der Waals surface area contributed by atoms with E-state index in [2.05, 4.69) is 11.3 Å². The van der Waals surface area contributed by atoms with Gasteiger partial charge in [0, 0.05) is 12.5 Å². The number of rotatable bonds is 5. The van der Waals surface area contributed by atoms with Crippen LogP contribution in [0.3, 0.4) is 0 Å². The third-order valence-electron chi connectivity index (χ3n) is 1.98. The third-order valence-corrected chi connectivity index (χ3v) is 1.98. The van der Waals surface area contributed by atoms with Crippen molar-refractivity contribution >= 4 is 5.97 Å². The van der Waals surface area contributed by atoms with E-state index in [1.165, 1.54) is 0 Å². The summed E-state index contributed by atoms with van der Waals surface area (Å²) in [5.41, 5.74) is -5.30. The van der Waals surface area contributed by atoms with E-state index in [1.807, 2.05) is 0 Å². The van der Waals surface area contributed by atoms with E-state index in [-0.39, 0.29) is 7.43 Å². The number of alkyl halides is 7. The van der Waals surface area contributed by atoms with Gasteiger partial charge in [0.05, 0.1) is 6.61 Å². The van der Waals surface area contributed by atoms with Crippen molar-refractivity contribution in [3.05, 3.63) is 12.7 Å². The first-order valence-electron chi connectivity index (χ1n) is 4.57. The number of esters is 1. The van der Waals surface area contributed by atoms with Crippen LogP contribution in [-0.2, 0) is 9.53 Å². The zero-order valence-electron chi connectivity index (χ0n) is 8.87. The second-order valence-corrected chi connectivity index (χ2v) is 3.27. The van der Waals surface area contributed by atoms with Crippen LogP contribution in [0.1, 0.15) is 20.3 Å². The Morgan fingerprint density at radius 3 is 1.79 bits per heavy atom. The first kappa shape index (κ1) is 20.0. The molecule has 0 bridgehead atoms. The minimum Gasteiger partial charge on any atom is -0.463 e. The lowest BCUT2D eigenvalue weighted by atomic mass is 9.98. The predicted octanol–water partition coefficient (Wildman–Crippen LogP) is 3.96. The molecule has 114 valence electrons. The maximum atomic E-state index is 13.0. The van der Waals surface area contributed by atoms with Gasteiger partial charge in [-0.05, 0) is 6.42 Å². The molecule has 2 nitrogen and oxygen atoms in total. The highest BCUT2D eigenvalue weighted by atomic mass is 19.4. The second kappa shape index (κ2) is 6.76. The normalized spacial score (nSPS) is 12.6. The molecule has 0 aliphatic heterocycles. The minimum absolute atomic E-state index is 0. The van der Waals surface area contributed by atoms with Crippen LogP contribution in [0.2, 0.25) is 0 Å². The van der Waals surface area contributed by atoms with E-state index in [1.54, 1.807) is 0 Å². The summed E-state index contributed by atoms with van der Waals surface area (Å²) in [6, 6.07) is 0. The topological polar surface area (TPSA) is 26.3 Å². The van der Waals surface area contributed by atoms with Gasteiger partial charge >= 0.3 is 18.3 Å². The van der Waals surface area contributed by atoms with Crippen molar-refractivity contribution in [2.24, 2.45) is 0 Å². The monoisotopic (exact) mass is 298 g/mol. The molecule has 0 amide bonds. The van der Waals surface area contributed by atoms with Crippen molar-refractivity contribution in [3.8, 4) is 0 Å². The molecule has 0 atom stereocenters. The SMILES string of the molecule is C.C=CC(=O)OCCCC(F)(C(F)(F)F)C(F)(F)F. The van der Waals surface area contributed by atoms with Gasteiger partial charge in [-0.1, -0.05) is 14.0 Å². The van der Waals surface area contributed by atoms with Crippen molar-refractivity contribution < 1.29 is 40.3 Å². The number of hydrogen-bond donors (Lipinski definition) is 0. The van der Waals surface area contributed by atoms with Gasteiger partial charge in [-0.3, -0.25) is 0 Å². The van der Waals surface area contributed by atoms with Crippen LogP contribution in [0.5, 0.6) is 0 Å². The highest BCUT2D eigenvalue weighted by Crippen LogP contribution is 2.48. The molecule has 0 unspecified atom stereocenters. The average Bonchev–Trinajstić information content (AvgIpc) is 2.20. The Kier molecular flexibility index (Phi) is 7.13. The van der Waals surface area contributed by atoms with Crippen LogP contribution >= 0.6 is 0 Å². The lowest BCUT2D eigenvalue weighted by Crippen LogP contribution is -2.53.